The standard InChI is InChI=1S/C30H38F3N7O2/c1-18-13-24-22(5-7-34-24)26(19(18)2)40-8-6-23-25(15-40)35-29(42-16-21-14-30(32,33)17-37(21)4)36-27(23)38-9-11-39(12-10-38)28(41)20(3)31/h5,7,13,21,28,34,41H,3,6,8-12,14-17H2,1-2,4H3/t21-,28?/m0/s1. The number of aromatic amines is 1. The number of halogens is 3. The summed E-state index contributed by atoms with van der Waals surface area (Å²) >= 11 is 0. The zero-order valence-electron chi connectivity index (χ0n) is 24.3. The normalized spacial score (nSPS) is 22.0. The number of hydrogen-bond acceptors (Lipinski definition) is 8. The maximum absolute atomic E-state index is 14.0. The second-order valence-electron chi connectivity index (χ2n) is 11.8. The van der Waals surface area contributed by atoms with Gasteiger partial charge in [-0.2, -0.15) is 9.97 Å². The highest BCUT2D eigenvalue weighted by atomic mass is 19.3. The minimum Gasteiger partial charge on any atom is -0.462 e. The third-order valence-corrected chi connectivity index (χ3v) is 8.96. The fourth-order valence-corrected chi connectivity index (χ4v) is 6.53. The smallest absolute Gasteiger partial charge is 0.318 e. The van der Waals surface area contributed by atoms with Crippen LogP contribution >= 0.6 is 0 Å². The molecule has 226 valence electrons. The molecular formula is C30H38F3N7O2. The van der Waals surface area contributed by atoms with E-state index in [2.05, 4.69) is 47.3 Å². The summed E-state index contributed by atoms with van der Waals surface area (Å²) in [5, 5.41) is 11.3. The van der Waals surface area contributed by atoms with Gasteiger partial charge in [0.15, 0.2) is 6.23 Å². The van der Waals surface area contributed by atoms with Crippen LogP contribution in [0.15, 0.2) is 30.7 Å². The predicted molar refractivity (Wildman–Crippen MR) is 156 cm³/mol. The van der Waals surface area contributed by atoms with Crippen LogP contribution in [0.4, 0.5) is 24.7 Å². The molecule has 6 rings (SSSR count). The van der Waals surface area contributed by atoms with Gasteiger partial charge in [0.25, 0.3) is 5.92 Å². The Hall–Kier alpha value is -3.35. The van der Waals surface area contributed by atoms with Gasteiger partial charge in [-0.1, -0.05) is 6.58 Å². The Bertz CT molecular complexity index is 1490. The first-order chi connectivity index (χ1) is 20.0. The molecule has 2 fully saturated rings. The monoisotopic (exact) mass is 585 g/mol. The number of fused-ring (bicyclic) bond motifs is 2. The van der Waals surface area contributed by atoms with Crippen molar-refractivity contribution >= 4 is 22.4 Å². The Labute approximate surface area is 243 Å². The highest BCUT2D eigenvalue weighted by Gasteiger charge is 2.43. The number of hydrogen-bond donors (Lipinski definition) is 2. The van der Waals surface area contributed by atoms with Gasteiger partial charge in [-0.25, -0.2) is 13.2 Å². The van der Waals surface area contributed by atoms with Crippen molar-refractivity contribution < 1.29 is 23.0 Å². The van der Waals surface area contributed by atoms with Crippen molar-refractivity contribution in [3.63, 3.8) is 0 Å². The molecule has 3 aliphatic rings. The molecular weight excluding hydrogens is 547 g/mol. The summed E-state index contributed by atoms with van der Waals surface area (Å²) < 4.78 is 47.6. The minimum atomic E-state index is -2.74. The van der Waals surface area contributed by atoms with E-state index >= 15 is 0 Å². The number of benzene rings is 1. The van der Waals surface area contributed by atoms with Gasteiger partial charge in [-0.05, 0) is 50.6 Å². The van der Waals surface area contributed by atoms with Crippen molar-refractivity contribution in [3.05, 3.63) is 53.1 Å². The van der Waals surface area contributed by atoms with Gasteiger partial charge in [0.05, 0.1) is 18.8 Å². The van der Waals surface area contributed by atoms with E-state index in [0.717, 1.165) is 34.5 Å². The van der Waals surface area contributed by atoms with Crippen LogP contribution in [0.5, 0.6) is 6.01 Å². The van der Waals surface area contributed by atoms with E-state index in [1.165, 1.54) is 16.8 Å². The number of nitrogens with zero attached hydrogens (tertiary/aromatic N) is 6. The lowest BCUT2D eigenvalue weighted by Gasteiger charge is -2.39. The molecule has 0 saturated carbocycles. The van der Waals surface area contributed by atoms with Gasteiger partial charge in [0, 0.05) is 73.5 Å². The first kappa shape index (κ1) is 28.8. The summed E-state index contributed by atoms with van der Waals surface area (Å²) in [6.45, 7) is 10.5. The highest BCUT2D eigenvalue weighted by Crippen LogP contribution is 2.38. The van der Waals surface area contributed by atoms with Crippen LogP contribution in [0.25, 0.3) is 10.9 Å². The molecule has 0 radical (unpaired) electrons. The van der Waals surface area contributed by atoms with E-state index in [4.69, 9.17) is 14.7 Å². The molecule has 12 heteroatoms. The van der Waals surface area contributed by atoms with Crippen LogP contribution < -0.4 is 14.5 Å². The number of piperazine rings is 1. The molecule has 1 aromatic carbocycles. The Morgan fingerprint density at radius 2 is 1.95 bits per heavy atom. The summed E-state index contributed by atoms with van der Waals surface area (Å²) in [7, 11) is 1.68. The molecule has 0 amide bonds. The van der Waals surface area contributed by atoms with E-state index < -0.39 is 24.0 Å². The van der Waals surface area contributed by atoms with Crippen molar-refractivity contribution in [1.82, 2.24) is 24.8 Å². The van der Waals surface area contributed by atoms with Crippen LogP contribution in [0.3, 0.4) is 0 Å². The number of likely N-dealkylation sites (N-methyl/N-ethyl adjacent to an activating group) is 1. The molecule has 42 heavy (non-hydrogen) atoms. The van der Waals surface area contributed by atoms with Crippen molar-refractivity contribution in [2.45, 2.75) is 51.4 Å². The van der Waals surface area contributed by atoms with Gasteiger partial charge in [0.1, 0.15) is 18.3 Å². The molecule has 0 bridgehead atoms. The number of anilines is 2. The number of H-pyrrole nitrogens is 1. The molecule has 5 heterocycles. The number of nitrogens with one attached hydrogen (secondary N) is 1. The number of aryl methyl sites for hydroxylation is 1. The molecule has 1 unspecified atom stereocenters. The van der Waals surface area contributed by atoms with Crippen molar-refractivity contribution in [2.75, 3.05) is 62.7 Å². The van der Waals surface area contributed by atoms with E-state index in [9.17, 15) is 18.3 Å². The van der Waals surface area contributed by atoms with E-state index in [-0.39, 0.29) is 25.6 Å². The van der Waals surface area contributed by atoms with Gasteiger partial charge in [0.2, 0.25) is 0 Å². The molecule has 9 nitrogen and oxygen atoms in total. The summed E-state index contributed by atoms with van der Waals surface area (Å²) in [4.78, 5) is 20.7. The second kappa shape index (κ2) is 11.1. The van der Waals surface area contributed by atoms with Crippen LogP contribution in [0.1, 0.15) is 28.8 Å². The number of ether oxygens (including phenoxy) is 1. The minimum absolute atomic E-state index is 0.0631. The van der Waals surface area contributed by atoms with Crippen LogP contribution in [-0.2, 0) is 13.0 Å². The van der Waals surface area contributed by atoms with Gasteiger partial charge >= 0.3 is 6.01 Å². The number of aromatic nitrogens is 3. The fraction of sp³-hybridized carbons (Fsp3) is 0.533. The third kappa shape index (κ3) is 5.43. The highest BCUT2D eigenvalue weighted by molar-refractivity contribution is 5.95. The zero-order chi connectivity index (χ0) is 29.8. The van der Waals surface area contributed by atoms with E-state index in [0.29, 0.717) is 39.1 Å². The molecule has 2 N–H and O–H groups in total. The number of aliphatic hydroxyl groups excluding tert-OH is 1. The Morgan fingerprint density at radius 3 is 2.64 bits per heavy atom. The lowest BCUT2D eigenvalue weighted by atomic mass is 9.99. The van der Waals surface area contributed by atoms with Gasteiger partial charge in [-0.3, -0.25) is 9.80 Å². The average Bonchev–Trinajstić information content (AvgIpc) is 3.52. The Morgan fingerprint density at radius 1 is 1.19 bits per heavy atom. The SMILES string of the molecule is C=C(F)C(O)N1CCN(c2nc(OC[C@@H]3CC(F)(F)CN3C)nc3c2CCN(c2c(C)c(C)cc4[nH]ccc24)C3)CC1. The Balaban J connectivity index is 1.30. The number of likely N-dealkylation sites (tertiary alicyclic amines) is 1. The van der Waals surface area contributed by atoms with Crippen LogP contribution in [-0.4, -0.2) is 101 Å². The summed E-state index contributed by atoms with van der Waals surface area (Å²) in [6.07, 6.45) is 1.07. The summed E-state index contributed by atoms with van der Waals surface area (Å²) in [6, 6.07) is 3.99. The van der Waals surface area contributed by atoms with E-state index in [1.807, 2.05) is 6.20 Å². The van der Waals surface area contributed by atoms with Crippen molar-refractivity contribution in [2.24, 2.45) is 0 Å². The fourth-order valence-electron chi connectivity index (χ4n) is 6.53. The lowest BCUT2D eigenvalue weighted by Crippen LogP contribution is -2.51. The summed E-state index contributed by atoms with van der Waals surface area (Å²) in [5.74, 6) is -2.76. The molecule has 2 atom stereocenters. The number of alkyl halides is 2. The second-order valence-corrected chi connectivity index (χ2v) is 11.8. The summed E-state index contributed by atoms with van der Waals surface area (Å²) in [5.41, 5.74) is 6.54. The quantitative estimate of drug-likeness (QED) is 0.434. The maximum Gasteiger partial charge on any atom is 0.318 e. The first-order valence-electron chi connectivity index (χ1n) is 14.4. The predicted octanol–water partition coefficient (Wildman–Crippen LogP) is 3.78. The molecule has 0 aliphatic carbocycles. The van der Waals surface area contributed by atoms with Crippen molar-refractivity contribution in [3.8, 4) is 6.01 Å². The zero-order valence-corrected chi connectivity index (χ0v) is 24.3. The van der Waals surface area contributed by atoms with Gasteiger partial charge < -0.3 is 24.6 Å². The molecule has 0 spiro atoms. The average molecular weight is 586 g/mol. The molecule has 3 aliphatic heterocycles. The largest absolute Gasteiger partial charge is 0.462 e. The Kier molecular flexibility index (Phi) is 7.57. The topological polar surface area (TPSA) is 84.0 Å². The maximum atomic E-state index is 14.0. The number of aliphatic hydroxyl groups is 1. The van der Waals surface area contributed by atoms with Gasteiger partial charge in [-0.15, -0.1) is 0 Å². The molecule has 2 saturated heterocycles. The van der Waals surface area contributed by atoms with Crippen molar-refractivity contribution in [1.29, 1.82) is 0 Å². The molecule has 2 aromatic heterocycles. The first-order valence-corrected chi connectivity index (χ1v) is 14.4. The van der Waals surface area contributed by atoms with Crippen LogP contribution in [0.2, 0.25) is 0 Å². The molecule has 3 aromatic rings. The third-order valence-electron chi connectivity index (χ3n) is 8.96. The van der Waals surface area contributed by atoms with E-state index in [1.54, 1.807) is 16.8 Å². The number of rotatable bonds is 7. The lowest BCUT2D eigenvalue weighted by molar-refractivity contribution is 0.0133. The van der Waals surface area contributed by atoms with Crippen LogP contribution in [0, 0.1) is 13.8 Å².